The van der Waals surface area contributed by atoms with Crippen molar-refractivity contribution in [2.45, 2.75) is 32.2 Å². The molecule has 0 spiro atoms. The first-order valence-corrected chi connectivity index (χ1v) is 8.37. The van der Waals surface area contributed by atoms with Crippen molar-refractivity contribution < 1.29 is 0 Å². The first kappa shape index (κ1) is 20.1. The van der Waals surface area contributed by atoms with Crippen LogP contribution >= 0.6 is 36.4 Å². The van der Waals surface area contributed by atoms with Crippen LogP contribution in [-0.2, 0) is 6.54 Å². The lowest BCUT2D eigenvalue weighted by Gasteiger charge is -2.37. The fraction of sp³-hybridized carbons (Fsp3) is 0.647. The smallest absolute Gasteiger partial charge is 0.0451 e. The third-order valence-electron chi connectivity index (χ3n) is 5.03. The van der Waals surface area contributed by atoms with Gasteiger partial charge in [0, 0.05) is 11.6 Å². The maximum Gasteiger partial charge on any atom is 0.0451 e. The summed E-state index contributed by atoms with van der Waals surface area (Å²) in [5, 5.41) is 4.39. The Balaban J connectivity index is 0.00000121. The monoisotopic (exact) mass is 364 g/mol. The SMILES string of the molecule is Cl.Cl.Clc1ccccc1CN1CCC(C2CCNCC2)CC1. The molecule has 0 bridgehead atoms. The van der Waals surface area contributed by atoms with E-state index in [2.05, 4.69) is 22.3 Å². The summed E-state index contributed by atoms with van der Waals surface area (Å²) in [6.45, 7) is 5.94. The molecule has 2 fully saturated rings. The van der Waals surface area contributed by atoms with Crippen molar-refractivity contribution in [1.29, 1.82) is 0 Å². The van der Waals surface area contributed by atoms with Crippen LogP contribution in [0.25, 0.3) is 0 Å². The number of likely N-dealkylation sites (tertiary alicyclic amines) is 1. The predicted molar refractivity (Wildman–Crippen MR) is 99.5 cm³/mol. The molecule has 0 aromatic heterocycles. The van der Waals surface area contributed by atoms with Gasteiger partial charge < -0.3 is 5.32 Å². The molecule has 1 aromatic carbocycles. The molecule has 1 aromatic rings. The van der Waals surface area contributed by atoms with E-state index in [1.54, 1.807) is 0 Å². The highest BCUT2D eigenvalue weighted by molar-refractivity contribution is 6.31. The lowest BCUT2D eigenvalue weighted by atomic mass is 9.79. The van der Waals surface area contributed by atoms with Gasteiger partial charge in [0.1, 0.15) is 0 Å². The summed E-state index contributed by atoms with van der Waals surface area (Å²) < 4.78 is 0. The Labute approximate surface area is 151 Å². The van der Waals surface area contributed by atoms with Gasteiger partial charge in [-0.05, 0) is 75.3 Å². The maximum absolute atomic E-state index is 6.26. The number of nitrogens with zero attached hydrogens (tertiary/aromatic N) is 1. The van der Waals surface area contributed by atoms with E-state index in [9.17, 15) is 0 Å². The lowest BCUT2D eigenvalue weighted by Crippen LogP contribution is -2.39. The molecule has 0 saturated carbocycles. The second kappa shape index (κ2) is 10.00. The van der Waals surface area contributed by atoms with E-state index in [1.807, 2.05) is 12.1 Å². The van der Waals surface area contributed by atoms with Crippen LogP contribution in [0.2, 0.25) is 5.02 Å². The van der Waals surface area contributed by atoms with Crippen molar-refractivity contribution in [3.05, 3.63) is 34.9 Å². The van der Waals surface area contributed by atoms with Crippen molar-refractivity contribution in [3.63, 3.8) is 0 Å². The molecule has 2 saturated heterocycles. The van der Waals surface area contributed by atoms with Crippen molar-refractivity contribution >= 4 is 36.4 Å². The van der Waals surface area contributed by atoms with E-state index in [1.165, 1.54) is 57.4 Å². The zero-order chi connectivity index (χ0) is 13.8. The largest absolute Gasteiger partial charge is 0.317 e. The highest BCUT2D eigenvalue weighted by atomic mass is 35.5. The minimum Gasteiger partial charge on any atom is -0.317 e. The molecule has 0 unspecified atom stereocenters. The Morgan fingerprint density at radius 2 is 1.55 bits per heavy atom. The highest BCUT2D eigenvalue weighted by Gasteiger charge is 2.27. The van der Waals surface area contributed by atoms with Gasteiger partial charge in [0.2, 0.25) is 0 Å². The van der Waals surface area contributed by atoms with Crippen LogP contribution in [0.5, 0.6) is 0 Å². The van der Waals surface area contributed by atoms with Crippen LogP contribution in [0, 0.1) is 11.8 Å². The Morgan fingerprint density at radius 3 is 2.18 bits per heavy atom. The molecule has 0 amide bonds. The normalized spacial score (nSPS) is 21.0. The third kappa shape index (κ3) is 5.28. The zero-order valence-corrected chi connectivity index (χ0v) is 15.4. The van der Waals surface area contributed by atoms with Crippen LogP contribution < -0.4 is 5.32 Å². The second-order valence-electron chi connectivity index (χ2n) is 6.29. The number of rotatable bonds is 3. The Kier molecular flexibility index (Phi) is 9.11. The van der Waals surface area contributed by atoms with E-state index < -0.39 is 0 Å². The molecule has 0 aliphatic carbocycles. The van der Waals surface area contributed by atoms with E-state index in [-0.39, 0.29) is 24.8 Å². The Bertz CT molecular complexity index is 428. The van der Waals surface area contributed by atoms with Gasteiger partial charge in [0.05, 0.1) is 0 Å². The van der Waals surface area contributed by atoms with Gasteiger partial charge in [0.15, 0.2) is 0 Å². The van der Waals surface area contributed by atoms with Gasteiger partial charge in [-0.3, -0.25) is 4.90 Å². The quantitative estimate of drug-likeness (QED) is 0.854. The van der Waals surface area contributed by atoms with Crippen LogP contribution in [0.1, 0.15) is 31.2 Å². The Hall–Kier alpha value is 0.01000. The van der Waals surface area contributed by atoms with Gasteiger partial charge in [-0.15, -0.1) is 24.8 Å². The first-order valence-electron chi connectivity index (χ1n) is 7.99. The first-order chi connectivity index (χ1) is 9.83. The standard InChI is InChI=1S/C17H25ClN2.2ClH/c18-17-4-2-1-3-16(17)13-20-11-7-15(8-12-20)14-5-9-19-10-6-14;;/h1-4,14-15,19H,5-13H2;2*1H. The summed E-state index contributed by atoms with van der Waals surface area (Å²) in [4.78, 5) is 2.57. The molecule has 22 heavy (non-hydrogen) atoms. The minimum atomic E-state index is 0. The van der Waals surface area contributed by atoms with Gasteiger partial charge in [0.25, 0.3) is 0 Å². The van der Waals surface area contributed by atoms with Crippen molar-refractivity contribution in [2.24, 2.45) is 11.8 Å². The number of halogens is 3. The fourth-order valence-corrected chi connectivity index (χ4v) is 3.96. The van der Waals surface area contributed by atoms with Crippen molar-refractivity contribution in [3.8, 4) is 0 Å². The molecule has 3 rings (SSSR count). The van der Waals surface area contributed by atoms with Gasteiger partial charge in [-0.1, -0.05) is 29.8 Å². The molecule has 2 aliphatic heterocycles. The average molecular weight is 366 g/mol. The number of piperidine rings is 2. The van der Waals surface area contributed by atoms with E-state index in [0.717, 1.165) is 23.4 Å². The third-order valence-corrected chi connectivity index (χ3v) is 5.40. The summed E-state index contributed by atoms with van der Waals surface area (Å²) in [5.74, 6) is 1.93. The molecule has 126 valence electrons. The minimum absolute atomic E-state index is 0. The summed E-state index contributed by atoms with van der Waals surface area (Å²) in [6, 6.07) is 8.25. The molecule has 2 heterocycles. The molecule has 5 heteroatoms. The zero-order valence-electron chi connectivity index (χ0n) is 13.0. The Morgan fingerprint density at radius 1 is 0.955 bits per heavy atom. The van der Waals surface area contributed by atoms with Gasteiger partial charge in [-0.25, -0.2) is 0 Å². The van der Waals surface area contributed by atoms with Crippen LogP contribution in [0.3, 0.4) is 0 Å². The molecular formula is C17H27Cl3N2. The van der Waals surface area contributed by atoms with E-state index in [4.69, 9.17) is 11.6 Å². The van der Waals surface area contributed by atoms with Crippen LogP contribution in [-0.4, -0.2) is 31.1 Å². The van der Waals surface area contributed by atoms with E-state index >= 15 is 0 Å². The molecular weight excluding hydrogens is 339 g/mol. The van der Waals surface area contributed by atoms with Gasteiger partial charge >= 0.3 is 0 Å². The number of hydrogen-bond donors (Lipinski definition) is 1. The lowest BCUT2D eigenvalue weighted by molar-refractivity contribution is 0.126. The van der Waals surface area contributed by atoms with Crippen molar-refractivity contribution in [1.82, 2.24) is 10.2 Å². The van der Waals surface area contributed by atoms with E-state index in [0.29, 0.717) is 0 Å². The van der Waals surface area contributed by atoms with Crippen molar-refractivity contribution in [2.75, 3.05) is 26.2 Å². The number of hydrogen-bond acceptors (Lipinski definition) is 2. The second-order valence-corrected chi connectivity index (χ2v) is 6.70. The fourth-order valence-electron chi connectivity index (χ4n) is 3.77. The average Bonchev–Trinajstić information content (AvgIpc) is 2.51. The summed E-state index contributed by atoms with van der Waals surface area (Å²) >= 11 is 6.26. The molecule has 0 atom stereocenters. The van der Waals surface area contributed by atoms with Crippen LogP contribution in [0.4, 0.5) is 0 Å². The summed E-state index contributed by atoms with van der Waals surface area (Å²) in [7, 11) is 0. The summed E-state index contributed by atoms with van der Waals surface area (Å²) in [5.41, 5.74) is 1.27. The molecule has 2 nitrogen and oxygen atoms in total. The van der Waals surface area contributed by atoms with Gasteiger partial charge in [-0.2, -0.15) is 0 Å². The molecule has 2 aliphatic rings. The number of benzene rings is 1. The topological polar surface area (TPSA) is 15.3 Å². The summed E-state index contributed by atoms with van der Waals surface area (Å²) in [6.07, 6.45) is 5.51. The van der Waals surface area contributed by atoms with Crippen LogP contribution in [0.15, 0.2) is 24.3 Å². The predicted octanol–water partition coefficient (Wildman–Crippen LogP) is 4.40. The molecule has 1 N–H and O–H groups in total. The molecule has 0 radical (unpaired) electrons. The highest BCUT2D eigenvalue weighted by Crippen LogP contribution is 2.31. The number of nitrogens with one attached hydrogen (secondary N) is 1. The maximum atomic E-state index is 6.26.